The molecule has 1 aromatic heterocycles. The van der Waals surface area contributed by atoms with Gasteiger partial charge in [-0.15, -0.1) is 0 Å². The zero-order valence-corrected chi connectivity index (χ0v) is 11.0. The summed E-state index contributed by atoms with van der Waals surface area (Å²) in [5.74, 6) is 0.221. The highest BCUT2D eigenvalue weighted by molar-refractivity contribution is 9.10. The molecule has 0 aromatic carbocycles. The van der Waals surface area contributed by atoms with Crippen LogP contribution in [0, 0.1) is 5.92 Å². The molecule has 18 heavy (non-hydrogen) atoms. The predicted molar refractivity (Wildman–Crippen MR) is 61.3 cm³/mol. The van der Waals surface area contributed by atoms with Crippen molar-refractivity contribution >= 4 is 15.9 Å². The molecule has 0 bridgehead atoms. The highest BCUT2D eigenvalue weighted by Crippen LogP contribution is 2.32. The molecule has 1 aliphatic heterocycles. The van der Waals surface area contributed by atoms with E-state index in [0.717, 1.165) is 12.8 Å². The van der Waals surface area contributed by atoms with E-state index < -0.39 is 17.3 Å². The maximum atomic E-state index is 12.6. The minimum atomic E-state index is -4.65. The van der Waals surface area contributed by atoms with E-state index in [4.69, 9.17) is 4.74 Å². The molecule has 1 aliphatic rings. The van der Waals surface area contributed by atoms with E-state index in [0.29, 0.717) is 19.8 Å². The number of aromatic amines is 1. The van der Waals surface area contributed by atoms with Gasteiger partial charge in [0.05, 0.1) is 0 Å². The Morgan fingerprint density at radius 1 is 1.39 bits per heavy atom. The van der Waals surface area contributed by atoms with E-state index in [1.807, 2.05) is 0 Å². The normalized spacial score (nSPS) is 18.2. The number of hydrogen-bond donors (Lipinski definition) is 1. The number of halogens is 4. The van der Waals surface area contributed by atoms with E-state index in [1.54, 1.807) is 0 Å². The van der Waals surface area contributed by atoms with Crippen molar-refractivity contribution in [1.29, 1.82) is 0 Å². The standard InChI is InChI=1S/C10H12BrF3N2O2/c11-8-7(10(12,13)14)9(17)15-16(8)5-6-1-3-18-4-2-6/h6H,1-5H2,(H,15,17). The first-order chi connectivity index (χ1) is 8.39. The number of nitrogens with one attached hydrogen (secondary N) is 1. The smallest absolute Gasteiger partial charge is 0.381 e. The fraction of sp³-hybridized carbons (Fsp3) is 0.700. The third-order valence-corrected chi connectivity index (χ3v) is 3.80. The van der Waals surface area contributed by atoms with E-state index in [2.05, 4.69) is 21.0 Å². The fourth-order valence-electron chi connectivity index (χ4n) is 2.01. The van der Waals surface area contributed by atoms with E-state index >= 15 is 0 Å². The average Bonchev–Trinajstić information content (AvgIpc) is 2.54. The number of alkyl halides is 3. The van der Waals surface area contributed by atoms with Crippen molar-refractivity contribution in [2.24, 2.45) is 5.92 Å². The largest absolute Gasteiger partial charge is 0.424 e. The van der Waals surface area contributed by atoms with Crippen LogP contribution in [-0.2, 0) is 17.5 Å². The Balaban J connectivity index is 2.22. The van der Waals surface area contributed by atoms with Crippen LogP contribution in [0.3, 0.4) is 0 Å². The highest BCUT2D eigenvalue weighted by atomic mass is 79.9. The lowest BCUT2D eigenvalue weighted by Gasteiger charge is -2.22. The second-order valence-corrected chi connectivity index (χ2v) is 5.02. The van der Waals surface area contributed by atoms with E-state index in [-0.39, 0.29) is 10.5 Å². The van der Waals surface area contributed by atoms with Crippen LogP contribution in [0.2, 0.25) is 0 Å². The number of aromatic nitrogens is 2. The van der Waals surface area contributed by atoms with Crippen LogP contribution in [0.1, 0.15) is 18.4 Å². The molecule has 8 heteroatoms. The summed E-state index contributed by atoms with van der Waals surface area (Å²) in [6.45, 7) is 1.58. The Labute approximate surface area is 109 Å². The van der Waals surface area contributed by atoms with Crippen LogP contribution in [0.15, 0.2) is 9.40 Å². The van der Waals surface area contributed by atoms with Gasteiger partial charge in [-0.3, -0.25) is 14.6 Å². The molecule has 0 atom stereocenters. The maximum Gasteiger partial charge on any atom is 0.424 e. The SMILES string of the molecule is O=c1[nH]n(CC2CCOCC2)c(Br)c1C(F)(F)F. The van der Waals surface area contributed by atoms with Crippen LogP contribution >= 0.6 is 15.9 Å². The first-order valence-corrected chi connectivity index (χ1v) is 6.32. The van der Waals surface area contributed by atoms with Gasteiger partial charge in [0.25, 0.3) is 5.56 Å². The van der Waals surface area contributed by atoms with E-state index in [1.165, 1.54) is 4.68 Å². The molecule has 0 spiro atoms. The average molecular weight is 329 g/mol. The Hall–Kier alpha value is -0.760. The van der Waals surface area contributed by atoms with Crippen LogP contribution in [0.5, 0.6) is 0 Å². The van der Waals surface area contributed by atoms with Crippen LogP contribution < -0.4 is 5.56 Å². The van der Waals surface area contributed by atoms with Gasteiger partial charge in [-0.1, -0.05) is 0 Å². The lowest BCUT2D eigenvalue weighted by Crippen LogP contribution is -2.21. The molecule has 2 heterocycles. The first kappa shape index (κ1) is 13.7. The monoisotopic (exact) mass is 328 g/mol. The molecule has 1 N–H and O–H groups in total. The summed E-state index contributed by atoms with van der Waals surface area (Å²) in [7, 11) is 0. The van der Waals surface area contributed by atoms with Crippen molar-refractivity contribution in [3.05, 3.63) is 20.5 Å². The number of hydrogen-bond acceptors (Lipinski definition) is 2. The van der Waals surface area contributed by atoms with Crippen molar-refractivity contribution in [3.63, 3.8) is 0 Å². The highest BCUT2D eigenvalue weighted by Gasteiger charge is 2.39. The molecule has 1 aromatic rings. The Morgan fingerprint density at radius 2 is 2.00 bits per heavy atom. The molecular weight excluding hydrogens is 317 g/mol. The molecule has 0 radical (unpaired) electrons. The number of ether oxygens (including phenoxy) is 1. The molecule has 102 valence electrons. The summed E-state index contributed by atoms with van der Waals surface area (Å²) >= 11 is 2.85. The minimum absolute atomic E-state index is 0.221. The van der Waals surface area contributed by atoms with Gasteiger partial charge in [0.2, 0.25) is 0 Å². The summed E-state index contributed by atoms with van der Waals surface area (Å²) in [6.07, 6.45) is -3.07. The molecule has 0 amide bonds. The van der Waals surface area contributed by atoms with Gasteiger partial charge >= 0.3 is 6.18 Å². The van der Waals surface area contributed by atoms with Gasteiger partial charge in [-0.2, -0.15) is 13.2 Å². The van der Waals surface area contributed by atoms with Crippen molar-refractivity contribution in [3.8, 4) is 0 Å². The van der Waals surface area contributed by atoms with E-state index in [9.17, 15) is 18.0 Å². The summed E-state index contributed by atoms with van der Waals surface area (Å²) < 4.78 is 44.0. The zero-order valence-electron chi connectivity index (χ0n) is 9.39. The molecular formula is C10H12BrF3N2O2. The fourth-order valence-corrected chi connectivity index (χ4v) is 2.65. The lowest BCUT2D eigenvalue weighted by atomic mass is 10.0. The number of H-pyrrole nitrogens is 1. The molecule has 0 unspecified atom stereocenters. The van der Waals surface area contributed by atoms with Gasteiger partial charge in [0.1, 0.15) is 4.60 Å². The van der Waals surface area contributed by atoms with Gasteiger partial charge in [-0.05, 0) is 34.7 Å². The maximum absolute atomic E-state index is 12.6. The molecule has 1 saturated heterocycles. The zero-order chi connectivity index (χ0) is 13.3. The lowest BCUT2D eigenvalue weighted by molar-refractivity contribution is -0.139. The topological polar surface area (TPSA) is 47.0 Å². The molecule has 4 nitrogen and oxygen atoms in total. The quantitative estimate of drug-likeness (QED) is 0.906. The van der Waals surface area contributed by atoms with Crippen molar-refractivity contribution in [1.82, 2.24) is 9.78 Å². The Kier molecular flexibility index (Phi) is 3.86. The van der Waals surface area contributed by atoms with Crippen molar-refractivity contribution < 1.29 is 17.9 Å². The summed E-state index contributed by atoms with van der Waals surface area (Å²) in [6, 6.07) is 0. The molecule has 0 aliphatic carbocycles. The summed E-state index contributed by atoms with van der Waals surface area (Å²) in [5, 5.41) is 2.22. The molecule has 2 rings (SSSR count). The van der Waals surface area contributed by atoms with Gasteiger partial charge < -0.3 is 4.74 Å². The summed E-state index contributed by atoms with van der Waals surface area (Å²) in [5.41, 5.74) is -2.28. The Morgan fingerprint density at radius 3 is 2.50 bits per heavy atom. The van der Waals surface area contributed by atoms with Gasteiger partial charge in [-0.25, -0.2) is 0 Å². The first-order valence-electron chi connectivity index (χ1n) is 5.53. The molecule has 1 fully saturated rings. The van der Waals surface area contributed by atoms with Crippen LogP contribution in [0.25, 0.3) is 0 Å². The Bertz CT molecular complexity index is 474. The van der Waals surface area contributed by atoms with Crippen LogP contribution in [0.4, 0.5) is 13.2 Å². The summed E-state index contributed by atoms with van der Waals surface area (Å²) in [4.78, 5) is 11.3. The second-order valence-electron chi connectivity index (χ2n) is 4.27. The van der Waals surface area contributed by atoms with Crippen molar-refractivity contribution in [2.45, 2.75) is 25.6 Å². The third-order valence-electron chi connectivity index (χ3n) is 2.97. The predicted octanol–water partition coefficient (Wildman–Crippen LogP) is 2.38. The van der Waals surface area contributed by atoms with Gasteiger partial charge in [0, 0.05) is 19.8 Å². The number of rotatable bonds is 2. The molecule has 0 saturated carbocycles. The van der Waals surface area contributed by atoms with Crippen molar-refractivity contribution in [2.75, 3.05) is 13.2 Å². The second kappa shape index (κ2) is 5.08. The van der Waals surface area contributed by atoms with Crippen LogP contribution in [-0.4, -0.2) is 23.0 Å². The third kappa shape index (κ3) is 2.80. The minimum Gasteiger partial charge on any atom is -0.381 e. The number of nitrogens with zero attached hydrogens (tertiary/aromatic N) is 1. The van der Waals surface area contributed by atoms with Gasteiger partial charge in [0.15, 0.2) is 5.56 Å².